The van der Waals surface area contributed by atoms with Crippen LogP contribution in [-0.4, -0.2) is 29.6 Å². The standard InChI is InChI=1S/C21H23NO5/c1-3-13-27-19(24)15-9-11-17(12-10-15)22-18(23)14-21(2,20(25)26)16-7-5-4-6-8-16/h4-12H,3,13-14H2,1-2H3,(H,22,23)(H,25,26)/t21-/m1/s1. The zero-order valence-electron chi connectivity index (χ0n) is 15.4. The van der Waals surface area contributed by atoms with Gasteiger partial charge >= 0.3 is 11.9 Å². The van der Waals surface area contributed by atoms with Gasteiger partial charge in [-0.15, -0.1) is 0 Å². The molecule has 0 bridgehead atoms. The van der Waals surface area contributed by atoms with E-state index in [0.29, 0.717) is 23.4 Å². The van der Waals surface area contributed by atoms with Gasteiger partial charge in [0.05, 0.1) is 17.6 Å². The highest BCUT2D eigenvalue weighted by Gasteiger charge is 2.37. The third-order valence-electron chi connectivity index (χ3n) is 4.24. The minimum absolute atomic E-state index is 0.216. The minimum Gasteiger partial charge on any atom is -0.481 e. The van der Waals surface area contributed by atoms with Gasteiger partial charge in [-0.1, -0.05) is 37.3 Å². The van der Waals surface area contributed by atoms with Gasteiger partial charge < -0.3 is 15.2 Å². The number of hydrogen-bond acceptors (Lipinski definition) is 4. The summed E-state index contributed by atoms with van der Waals surface area (Å²) in [5.74, 6) is -1.92. The molecule has 6 nitrogen and oxygen atoms in total. The molecule has 0 aliphatic heterocycles. The Morgan fingerprint density at radius 2 is 1.67 bits per heavy atom. The van der Waals surface area contributed by atoms with E-state index in [1.807, 2.05) is 6.92 Å². The Morgan fingerprint density at radius 1 is 1.04 bits per heavy atom. The third kappa shape index (κ3) is 5.17. The van der Waals surface area contributed by atoms with Crippen molar-refractivity contribution in [3.63, 3.8) is 0 Å². The van der Waals surface area contributed by atoms with Crippen molar-refractivity contribution in [2.45, 2.75) is 32.1 Å². The fourth-order valence-corrected chi connectivity index (χ4v) is 2.60. The van der Waals surface area contributed by atoms with E-state index >= 15 is 0 Å². The van der Waals surface area contributed by atoms with Crippen LogP contribution in [0, 0.1) is 0 Å². The second-order valence-corrected chi connectivity index (χ2v) is 6.44. The Kier molecular flexibility index (Phi) is 6.71. The number of carboxylic acids is 1. The van der Waals surface area contributed by atoms with E-state index in [1.54, 1.807) is 54.6 Å². The first-order chi connectivity index (χ1) is 12.9. The van der Waals surface area contributed by atoms with Crippen LogP contribution in [0.4, 0.5) is 5.69 Å². The molecule has 6 heteroatoms. The summed E-state index contributed by atoms with van der Waals surface area (Å²) >= 11 is 0. The van der Waals surface area contributed by atoms with Crippen LogP contribution in [0.5, 0.6) is 0 Å². The minimum atomic E-state index is -1.34. The molecule has 142 valence electrons. The molecule has 27 heavy (non-hydrogen) atoms. The number of nitrogens with one attached hydrogen (secondary N) is 1. The highest BCUT2D eigenvalue weighted by Crippen LogP contribution is 2.28. The molecule has 2 aromatic rings. The van der Waals surface area contributed by atoms with Gasteiger partial charge in [0.25, 0.3) is 0 Å². The average Bonchev–Trinajstić information content (AvgIpc) is 2.67. The molecule has 0 saturated carbocycles. The van der Waals surface area contributed by atoms with Crippen LogP contribution < -0.4 is 5.32 Å². The lowest BCUT2D eigenvalue weighted by molar-refractivity contribution is -0.145. The van der Waals surface area contributed by atoms with E-state index in [4.69, 9.17) is 4.74 Å². The molecular formula is C21H23NO5. The number of rotatable bonds is 8. The van der Waals surface area contributed by atoms with Crippen LogP contribution in [0.25, 0.3) is 0 Å². The maximum Gasteiger partial charge on any atom is 0.338 e. The number of anilines is 1. The second kappa shape index (κ2) is 8.98. The fraction of sp³-hybridized carbons (Fsp3) is 0.286. The van der Waals surface area contributed by atoms with Gasteiger partial charge in [-0.05, 0) is 43.2 Å². The van der Waals surface area contributed by atoms with E-state index in [2.05, 4.69) is 5.32 Å². The number of amides is 1. The first-order valence-electron chi connectivity index (χ1n) is 8.73. The molecule has 1 amide bonds. The molecule has 2 N–H and O–H groups in total. The molecule has 2 aromatic carbocycles. The summed E-state index contributed by atoms with van der Waals surface area (Å²) in [6.45, 7) is 3.79. The molecule has 0 aliphatic carbocycles. The van der Waals surface area contributed by atoms with Gasteiger partial charge in [-0.2, -0.15) is 0 Å². The lowest BCUT2D eigenvalue weighted by Gasteiger charge is -2.24. The van der Waals surface area contributed by atoms with Crippen molar-refractivity contribution in [1.29, 1.82) is 0 Å². The smallest absolute Gasteiger partial charge is 0.338 e. The number of benzene rings is 2. The number of esters is 1. The Morgan fingerprint density at radius 3 is 2.22 bits per heavy atom. The summed E-state index contributed by atoms with van der Waals surface area (Å²) in [6, 6.07) is 14.9. The maximum absolute atomic E-state index is 12.4. The van der Waals surface area contributed by atoms with Crippen molar-refractivity contribution in [3.05, 3.63) is 65.7 Å². The normalized spacial score (nSPS) is 12.7. The van der Waals surface area contributed by atoms with E-state index in [9.17, 15) is 19.5 Å². The van der Waals surface area contributed by atoms with Gasteiger partial charge in [0, 0.05) is 12.1 Å². The predicted octanol–water partition coefficient (Wildman–Crippen LogP) is 3.62. The fourth-order valence-electron chi connectivity index (χ4n) is 2.60. The van der Waals surface area contributed by atoms with Gasteiger partial charge in [0.1, 0.15) is 0 Å². The van der Waals surface area contributed by atoms with Crippen LogP contribution >= 0.6 is 0 Å². The first-order valence-corrected chi connectivity index (χ1v) is 8.73. The molecule has 2 rings (SSSR count). The molecule has 0 radical (unpaired) electrons. The Hall–Kier alpha value is -3.15. The van der Waals surface area contributed by atoms with Crippen LogP contribution in [0.3, 0.4) is 0 Å². The van der Waals surface area contributed by atoms with Crippen LogP contribution in [0.2, 0.25) is 0 Å². The summed E-state index contributed by atoms with van der Waals surface area (Å²) in [6.07, 6.45) is 0.524. The van der Waals surface area contributed by atoms with Crippen molar-refractivity contribution in [2.24, 2.45) is 0 Å². The number of aliphatic carboxylic acids is 1. The van der Waals surface area contributed by atoms with Gasteiger partial charge in [0.2, 0.25) is 5.91 Å². The van der Waals surface area contributed by atoms with E-state index in [0.717, 1.165) is 6.42 Å². The largest absolute Gasteiger partial charge is 0.481 e. The lowest BCUT2D eigenvalue weighted by Crippen LogP contribution is -2.36. The monoisotopic (exact) mass is 369 g/mol. The number of hydrogen-bond donors (Lipinski definition) is 2. The summed E-state index contributed by atoms with van der Waals surface area (Å²) in [7, 11) is 0. The van der Waals surface area contributed by atoms with E-state index < -0.39 is 23.3 Å². The van der Waals surface area contributed by atoms with Gasteiger partial charge in [-0.3, -0.25) is 9.59 Å². The lowest BCUT2D eigenvalue weighted by atomic mass is 9.79. The zero-order valence-corrected chi connectivity index (χ0v) is 15.4. The first kappa shape index (κ1) is 20.2. The number of carboxylic acid groups (broad SMARTS) is 1. The molecule has 0 spiro atoms. The summed E-state index contributed by atoms with van der Waals surface area (Å²) in [5, 5.41) is 12.3. The third-order valence-corrected chi connectivity index (χ3v) is 4.24. The molecule has 0 aliphatic rings. The summed E-state index contributed by atoms with van der Waals surface area (Å²) in [4.78, 5) is 36.0. The van der Waals surface area contributed by atoms with Gasteiger partial charge in [0.15, 0.2) is 0 Å². The van der Waals surface area contributed by atoms with Crippen molar-refractivity contribution < 1.29 is 24.2 Å². The maximum atomic E-state index is 12.4. The number of ether oxygens (including phenoxy) is 1. The SMILES string of the molecule is CCCOC(=O)c1ccc(NC(=O)C[C@@](C)(C(=O)O)c2ccccc2)cc1. The van der Waals surface area contributed by atoms with E-state index in [-0.39, 0.29) is 6.42 Å². The van der Waals surface area contributed by atoms with Crippen LogP contribution in [-0.2, 0) is 19.7 Å². The molecule has 0 heterocycles. The average molecular weight is 369 g/mol. The second-order valence-electron chi connectivity index (χ2n) is 6.44. The number of carbonyl (C=O) groups excluding carboxylic acids is 2. The molecule has 0 aromatic heterocycles. The summed E-state index contributed by atoms with van der Waals surface area (Å²) < 4.78 is 5.05. The molecule has 0 fully saturated rings. The molecule has 0 saturated heterocycles. The van der Waals surface area contributed by atoms with Crippen molar-refractivity contribution in [2.75, 3.05) is 11.9 Å². The van der Waals surface area contributed by atoms with Crippen molar-refractivity contribution in [1.82, 2.24) is 0 Å². The summed E-state index contributed by atoms with van der Waals surface area (Å²) in [5.41, 5.74) is 0.0884. The Bertz CT molecular complexity index is 801. The topological polar surface area (TPSA) is 92.7 Å². The quantitative estimate of drug-likeness (QED) is 0.693. The zero-order chi connectivity index (χ0) is 19.9. The Labute approximate surface area is 158 Å². The predicted molar refractivity (Wildman–Crippen MR) is 102 cm³/mol. The highest BCUT2D eigenvalue weighted by atomic mass is 16.5. The van der Waals surface area contributed by atoms with Crippen molar-refractivity contribution in [3.8, 4) is 0 Å². The molecular weight excluding hydrogens is 346 g/mol. The van der Waals surface area contributed by atoms with Crippen LogP contribution in [0.1, 0.15) is 42.6 Å². The Balaban J connectivity index is 2.06. The molecule has 0 unspecified atom stereocenters. The van der Waals surface area contributed by atoms with Gasteiger partial charge in [-0.25, -0.2) is 4.79 Å². The highest BCUT2D eigenvalue weighted by molar-refractivity contribution is 5.97. The van der Waals surface area contributed by atoms with E-state index in [1.165, 1.54) is 6.92 Å². The van der Waals surface area contributed by atoms with Crippen molar-refractivity contribution >= 4 is 23.5 Å². The number of carbonyl (C=O) groups is 3. The molecule has 1 atom stereocenters. The van der Waals surface area contributed by atoms with Crippen LogP contribution in [0.15, 0.2) is 54.6 Å².